The smallest absolute Gasteiger partial charge is 0.224 e. The van der Waals surface area contributed by atoms with Gasteiger partial charge in [-0.3, -0.25) is 9.78 Å². The van der Waals surface area contributed by atoms with E-state index in [9.17, 15) is 4.79 Å². The van der Waals surface area contributed by atoms with E-state index in [4.69, 9.17) is 0 Å². The molecule has 19 heavy (non-hydrogen) atoms. The first kappa shape index (κ1) is 13.7. The molecule has 0 aromatic carbocycles. The molecule has 0 aliphatic carbocycles. The van der Waals surface area contributed by atoms with Crippen molar-refractivity contribution in [2.24, 2.45) is 0 Å². The van der Waals surface area contributed by atoms with Crippen LogP contribution in [0.2, 0.25) is 0 Å². The van der Waals surface area contributed by atoms with E-state index in [1.807, 2.05) is 26.8 Å². The van der Waals surface area contributed by atoms with Gasteiger partial charge in [-0.1, -0.05) is 0 Å². The van der Waals surface area contributed by atoms with E-state index in [1.165, 1.54) is 4.88 Å². The molecule has 0 saturated carbocycles. The number of anilines is 1. The number of aromatic nitrogens is 2. The number of pyridine rings is 1. The van der Waals surface area contributed by atoms with Crippen molar-refractivity contribution in [3.05, 3.63) is 39.6 Å². The zero-order valence-corrected chi connectivity index (χ0v) is 12.2. The molecule has 2 rings (SSSR count). The van der Waals surface area contributed by atoms with E-state index in [1.54, 1.807) is 23.6 Å². The minimum absolute atomic E-state index is 0.0241. The van der Waals surface area contributed by atoms with Crippen LogP contribution in [0.4, 0.5) is 5.69 Å². The van der Waals surface area contributed by atoms with Crippen LogP contribution in [-0.4, -0.2) is 15.9 Å². The minimum Gasteiger partial charge on any atom is -0.326 e. The van der Waals surface area contributed by atoms with Gasteiger partial charge in [0.05, 0.1) is 10.7 Å². The number of rotatable bonds is 4. The molecule has 0 aliphatic heterocycles. The standard InChI is InChI=1S/C14H17N3OS/c1-9-8-12(6-7-15-9)17-14(18)5-4-13-10(2)16-11(3)19-13/h6-8H,4-5H2,1-3H3,(H,15,17,18). The number of amides is 1. The fraction of sp³-hybridized carbons (Fsp3) is 0.357. The molecule has 5 heteroatoms. The summed E-state index contributed by atoms with van der Waals surface area (Å²) in [6.07, 6.45) is 2.92. The molecule has 0 saturated heterocycles. The number of nitrogens with one attached hydrogen (secondary N) is 1. The van der Waals surface area contributed by atoms with Gasteiger partial charge < -0.3 is 5.32 Å². The second-order valence-corrected chi connectivity index (χ2v) is 5.76. The third kappa shape index (κ3) is 3.86. The molecule has 0 radical (unpaired) electrons. The Morgan fingerprint density at radius 3 is 2.79 bits per heavy atom. The van der Waals surface area contributed by atoms with Crippen molar-refractivity contribution in [3.8, 4) is 0 Å². The Morgan fingerprint density at radius 1 is 1.37 bits per heavy atom. The number of hydrogen-bond acceptors (Lipinski definition) is 4. The molecule has 2 aromatic heterocycles. The Labute approximate surface area is 116 Å². The van der Waals surface area contributed by atoms with Crippen molar-refractivity contribution in [2.75, 3.05) is 5.32 Å². The number of thiazole rings is 1. The predicted octanol–water partition coefficient (Wildman–Crippen LogP) is 3.03. The number of carbonyl (C=O) groups excluding carboxylic acids is 1. The molecule has 1 amide bonds. The SMILES string of the molecule is Cc1cc(NC(=O)CCc2sc(C)nc2C)ccn1. The van der Waals surface area contributed by atoms with Crippen LogP contribution in [0.15, 0.2) is 18.3 Å². The van der Waals surface area contributed by atoms with Gasteiger partial charge in [0.2, 0.25) is 5.91 Å². The Morgan fingerprint density at radius 2 is 2.16 bits per heavy atom. The van der Waals surface area contributed by atoms with Crippen LogP contribution < -0.4 is 5.32 Å². The second-order valence-electron chi connectivity index (χ2n) is 4.48. The summed E-state index contributed by atoms with van der Waals surface area (Å²) in [5, 5.41) is 3.94. The van der Waals surface area contributed by atoms with Crippen molar-refractivity contribution in [2.45, 2.75) is 33.6 Å². The monoisotopic (exact) mass is 275 g/mol. The van der Waals surface area contributed by atoms with E-state index >= 15 is 0 Å². The highest BCUT2D eigenvalue weighted by Gasteiger charge is 2.08. The topological polar surface area (TPSA) is 54.9 Å². The fourth-order valence-electron chi connectivity index (χ4n) is 1.88. The summed E-state index contributed by atoms with van der Waals surface area (Å²) in [5.74, 6) is 0.0241. The lowest BCUT2D eigenvalue weighted by molar-refractivity contribution is -0.116. The molecule has 0 spiro atoms. The van der Waals surface area contributed by atoms with Crippen molar-refractivity contribution in [3.63, 3.8) is 0 Å². The first-order valence-corrected chi connectivity index (χ1v) is 7.01. The molecule has 4 nitrogen and oxygen atoms in total. The molecule has 0 fully saturated rings. The van der Waals surface area contributed by atoms with Crippen LogP contribution in [0.5, 0.6) is 0 Å². The van der Waals surface area contributed by atoms with E-state index < -0.39 is 0 Å². The summed E-state index contributed by atoms with van der Waals surface area (Å²) in [6, 6.07) is 3.66. The van der Waals surface area contributed by atoms with Crippen molar-refractivity contribution >= 4 is 22.9 Å². The van der Waals surface area contributed by atoms with Crippen molar-refractivity contribution < 1.29 is 4.79 Å². The Hall–Kier alpha value is -1.75. The first-order chi connectivity index (χ1) is 9.04. The fourth-order valence-corrected chi connectivity index (χ4v) is 2.82. The zero-order valence-electron chi connectivity index (χ0n) is 11.4. The maximum atomic E-state index is 11.9. The Kier molecular flexibility index (Phi) is 4.27. The highest BCUT2D eigenvalue weighted by molar-refractivity contribution is 7.11. The molecule has 1 N–H and O–H groups in total. The summed E-state index contributed by atoms with van der Waals surface area (Å²) in [7, 11) is 0. The van der Waals surface area contributed by atoms with Gasteiger partial charge in [0, 0.05) is 28.9 Å². The summed E-state index contributed by atoms with van der Waals surface area (Å²) in [4.78, 5) is 21.5. The van der Waals surface area contributed by atoms with E-state index in [-0.39, 0.29) is 5.91 Å². The zero-order chi connectivity index (χ0) is 13.8. The number of hydrogen-bond donors (Lipinski definition) is 1. The van der Waals surface area contributed by atoms with Gasteiger partial charge in [0.25, 0.3) is 0 Å². The summed E-state index contributed by atoms with van der Waals surface area (Å²) in [6.45, 7) is 5.88. The van der Waals surface area contributed by atoms with Crippen LogP contribution in [0.3, 0.4) is 0 Å². The average Bonchev–Trinajstić information content (AvgIpc) is 2.65. The third-order valence-electron chi connectivity index (χ3n) is 2.76. The summed E-state index contributed by atoms with van der Waals surface area (Å²) >= 11 is 1.66. The molecular formula is C14H17N3OS. The maximum Gasteiger partial charge on any atom is 0.224 e. The molecule has 0 aliphatic rings. The lowest BCUT2D eigenvalue weighted by Gasteiger charge is -2.05. The molecule has 2 heterocycles. The minimum atomic E-state index is 0.0241. The van der Waals surface area contributed by atoms with Crippen LogP contribution >= 0.6 is 11.3 Å². The van der Waals surface area contributed by atoms with E-state index in [2.05, 4.69) is 15.3 Å². The number of nitrogens with zero attached hydrogens (tertiary/aromatic N) is 2. The number of carbonyl (C=O) groups is 1. The van der Waals surface area contributed by atoms with Crippen LogP contribution in [-0.2, 0) is 11.2 Å². The second kappa shape index (κ2) is 5.93. The molecular weight excluding hydrogens is 258 g/mol. The maximum absolute atomic E-state index is 11.9. The van der Waals surface area contributed by atoms with E-state index in [0.717, 1.165) is 28.5 Å². The summed E-state index contributed by atoms with van der Waals surface area (Å²) < 4.78 is 0. The largest absolute Gasteiger partial charge is 0.326 e. The number of aryl methyl sites for hydroxylation is 4. The third-order valence-corrected chi connectivity index (χ3v) is 3.89. The van der Waals surface area contributed by atoms with Crippen LogP contribution in [0.25, 0.3) is 0 Å². The Balaban J connectivity index is 1.90. The molecule has 0 unspecified atom stereocenters. The summed E-state index contributed by atoms with van der Waals surface area (Å²) in [5.41, 5.74) is 2.73. The van der Waals surface area contributed by atoms with Gasteiger partial charge in [0.15, 0.2) is 0 Å². The normalized spacial score (nSPS) is 10.5. The van der Waals surface area contributed by atoms with Gasteiger partial charge >= 0.3 is 0 Å². The highest BCUT2D eigenvalue weighted by Crippen LogP contribution is 2.19. The molecule has 0 atom stereocenters. The molecule has 100 valence electrons. The lowest BCUT2D eigenvalue weighted by atomic mass is 10.2. The quantitative estimate of drug-likeness (QED) is 0.933. The van der Waals surface area contributed by atoms with Gasteiger partial charge in [-0.2, -0.15) is 0 Å². The van der Waals surface area contributed by atoms with Gasteiger partial charge in [0.1, 0.15) is 0 Å². The van der Waals surface area contributed by atoms with Crippen LogP contribution in [0.1, 0.15) is 27.7 Å². The van der Waals surface area contributed by atoms with Gasteiger partial charge in [-0.15, -0.1) is 11.3 Å². The van der Waals surface area contributed by atoms with Gasteiger partial charge in [-0.05, 0) is 39.3 Å². The molecule has 0 bridgehead atoms. The van der Waals surface area contributed by atoms with Crippen molar-refractivity contribution in [1.29, 1.82) is 0 Å². The lowest BCUT2D eigenvalue weighted by Crippen LogP contribution is -2.12. The van der Waals surface area contributed by atoms with Crippen LogP contribution in [0, 0.1) is 20.8 Å². The van der Waals surface area contributed by atoms with Gasteiger partial charge in [-0.25, -0.2) is 4.98 Å². The first-order valence-electron chi connectivity index (χ1n) is 6.20. The highest BCUT2D eigenvalue weighted by atomic mass is 32.1. The molecule has 2 aromatic rings. The Bertz CT molecular complexity index is 592. The van der Waals surface area contributed by atoms with Crippen molar-refractivity contribution in [1.82, 2.24) is 9.97 Å². The predicted molar refractivity (Wildman–Crippen MR) is 77.5 cm³/mol. The van der Waals surface area contributed by atoms with E-state index in [0.29, 0.717) is 6.42 Å². The average molecular weight is 275 g/mol.